The lowest BCUT2D eigenvalue weighted by Crippen LogP contribution is -2.42. The molecule has 0 bridgehead atoms. The number of rotatable bonds is 5. The van der Waals surface area contributed by atoms with E-state index in [1.54, 1.807) is 6.07 Å². The second-order valence-corrected chi connectivity index (χ2v) is 9.98. The molecule has 29 heavy (non-hydrogen) atoms. The molecule has 1 saturated heterocycles. The number of carbonyl (C=O) groups excluding carboxylic acids is 1. The zero-order valence-corrected chi connectivity index (χ0v) is 18.3. The van der Waals surface area contributed by atoms with Gasteiger partial charge in [0.1, 0.15) is 5.82 Å². The van der Waals surface area contributed by atoms with Gasteiger partial charge in [-0.15, -0.1) is 0 Å². The van der Waals surface area contributed by atoms with Crippen LogP contribution in [0.15, 0.2) is 41.3 Å². The minimum Gasteiger partial charge on any atom is -0.352 e. The van der Waals surface area contributed by atoms with Crippen molar-refractivity contribution in [3.05, 3.63) is 62.8 Å². The molecular weight excluding hydrogens is 462 g/mol. The van der Waals surface area contributed by atoms with Crippen molar-refractivity contribution >= 4 is 50.7 Å². The highest BCUT2D eigenvalue weighted by molar-refractivity contribution is 7.89. The highest BCUT2D eigenvalue weighted by atomic mass is 35.5. The van der Waals surface area contributed by atoms with E-state index in [9.17, 15) is 17.6 Å². The van der Waals surface area contributed by atoms with E-state index in [0.29, 0.717) is 18.4 Å². The maximum Gasteiger partial charge on any atom is 0.243 e. The van der Waals surface area contributed by atoms with Crippen LogP contribution in [-0.2, 0) is 21.4 Å². The van der Waals surface area contributed by atoms with Crippen LogP contribution >= 0.6 is 34.8 Å². The monoisotopic (exact) mass is 478 g/mol. The molecule has 2 aromatic rings. The SMILES string of the molecule is O=C(NCc1ccc(Cl)cc1F)C1CCN(S(=O)(=O)c2cc(Cl)cc(Cl)c2)CC1. The summed E-state index contributed by atoms with van der Waals surface area (Å²) in [6.45, 7) is 0.432. The van der Waals surface area contributed by atoms with Crippen LogP contribution in [0, 0.1) is 11.7 Å². The summed E-state index contributed by atoms with van der Waals surface area (Å²) in [5.41, 5.74) is 0.334. The van der Waals surface area contributed by atoms with E-state index in [1.165, 1.54) is 34.6 Å². The summed E-state index contributed by atoms with van der Waals surface area (Å²) in [6, 6.07) is 8.42. The number of halogens is 4. The minimum atomic E-state index is -3.75. The molecule has 1 aliphatic heterocycles. The number of benzene rings is 2. The highest BCUT2D eigenvalue weighted by Crippen LogP contribution is 2.28. The largest absolute Gasteiger partial charge is 0.352 e. The van der Waals surface area contributed by atoms with Gasteiger partial charge in [0.05, 0.1) is 4.90 Å². The van der Waals surface area contributed by atoms with Crippen molar-refractivity contribution in [2.45, 2.75) is 24.3 Å². The fourth-order valence-corrected chi connectivity index (χ4v) is 5.53. The number of nitrogens with zero attached hydrogens (tertiary/aromatic N) is 1. The first-order chi connectivity index (χ1) is 13.7. The van der Waals surface area contributed by atoms with Gasteiger partial charge in [0, 0.05) is 46.2 Å². The van der Waals surface area contributed by atoms with Gasteiger partial charge >= 0.3 is 0 Å². The van der Waals surface area contributed by atoms with E-state index in [-0.39, 0.29) is 51.4 Å². The lowest BCUT2D eigenvalue weighted by molar-refractivity contribution is -0.126. The average Bonchev–Trinajstić information content (AvgIpc) is 2.66. The number of hydrogen-bond donors (Lipinski definition) is 1. The number of amides is 1. The zero-order chi connectivity index (χ0) is 21.2. The Balaban J connectivity index is 1.58. The van der Waals surface area contributed by atoms with Gasteiger partial charge < -0.3 is 5.32 Å². The van der Waals surface area contributed by atoms with Crippen LogP contribution in [0.25, 0.3) is 0 Å². The summed E-state index contributed by atoms with van der Waals surface area (Å²) in [5.74, 6) is -1.07. The fraction of sp³-hybridized carbons (Fsp3) is 0.316. The average molecular weight is 480 g/mol. The van der Waals surface area contributed by atoms with E-state index in [1.807, 2.05) is 0 Å². The Bertz CT molecular complexity index is 1010. The first-order valence-electron chi connectivity index (χ1n) is 8.84. The second-order valence-electron chi connectivity index (χ2n) is 6.74. The predicted molar refractivity (Wildman–Crippen MR) is 111 cm³/mol. The van der Waals surface area contributed by atoms with Crippen LogP contribution in [0.5, 0.6) is 0 Å². The quantitative estimate of drug-likeness (QED) is 0.686. The number of hydrogen-bond acceptors (Lipinski definition) is 3. The van der Waals surface area contributed by atoms with Gasteiger partial charge in [0.2, 0.25) is 15.9 Å². The van der Waals surface area contributed by atoms with Gasteiger partial charge in [0.15, 0.2) is 0 Å². The molecule has 0 aromatic heterocycles. The van der Waals surface area contributed by atoms with Crippen molar-refractivity contribution in [2.75, 3.05) is 13.1 Å². The topological polar surface area (TPSA) is 66.5 Å². The second kappa shape index (κ2) is 9.18. The smallest absolute Gasteiger partial charge is 0.243 e. The van der Waals surface area contributed by atoms with Crippen molar-refractivity contribution in [2.24, 2.45) is 5.92 Å². The molecule has 10 heteroatoms. The third-order valence-electron chi connectivity index (χ3n) is 4.77. The Kier molecular flexibility index (Phi) is 7.06. The van der Waals surface area contributed by atoms with Crippen LogP contribution in [0.4, 0.5) is 4.39 Å². The van der Waals surface area contributed by atoms with Crippen molar-refractivity contribution < 1.29 is 17.6 Å². The number of nitrogens with one attached hydrogen (secondary N) is 1. The number of carbonyl (C=O) groups is 1. The van der Waals surface area contributed by atoms with E-state index in [0.717, 1.165) is 0 Å². The Morgan fingerprint density at radius 2 is 1.66 bits per heavy atom. The maximum absolute atomic E-state index is 13.8. The zero-order valence-electron chi connectivity index (χ0n) is 15.2. The Morgan fingerprint density at radius 1 is 1.03 bits per heavy atom. The molecule has 156 valence electrons. The summed E-state index contributed by atoms with van der Waals surface area (Å²) in [7, 11) is -3.75. The van der Waals surface area contributed by atoms with Crippen LogP contribution in [-0.4, -0.2) is 31.7 Å². The summed E-state index contributed by atoms with van der Waals surface area (Å²) in [4.78, 5) is 12.4. The van der Waals surface area contributed by atoms with E-state index < -0.39 is 15.8 Å². The summed E-state index contributed by atoms with van der Waals surface area (Å²) in [6.07, 6.45) is 0.727. The third kappa shape index (κ3) is 5.41. The standard InChI is InChI=1S/C19H18Cl3FN2O3S/c20-14-2-1-13(18(23)10-14)11-24-19(26)12-3-5-25(6-4-12)29(27,28)17-8-15(21)7-16(22)9-17/h1-2,7-10,12H,3-6,11H2,(H,24,26). The van der Waals surface area contributed by atoms with Gasteiger partial charge in [0.25, 0.3) is 0 Å². The number of sulfonamides is 1. The van der Waals surface area contributed by atoms with E-state index in [2.05, 4.69) is 5.32 Å². The lowest BCUT2D eigenvalue weighted by atomic mass is 9.97. The molecule has 1 aliphatic rings. The first-order valence-corrected chi connectivity index (χ1v) is 11.4. The van der Waals surface area contributed by atoms with Crippen molar-refractivity contribution in [3.8, 4) is 0 Å². The Labute approximate surface area is 183 Å². The molecule has 1 heterocycles. The van der Waals surface area contributed by atoms with Gasteiger partial charge in [-0.05, 0) is 43.2 Å². The summed E-state index contributed by atoms with van der Waals surface area (Å²) < 4.78 is 40.7. The molecule has 0 radical (unpaired) electrons. The van der Waals surface area contributed by atoms with Gasteiger partial charge in [-0.25, -0.2) is 12.8 Å². The molecule has 5 nitrogen and oxygen atoms in total. The molecule has 0 unspecified atom stereocenters. The molecule has 1 fully saturated rings. The first kappa shape index (κ1) is 22.3. The predicted octanol–water partition coefficient (Wildman–Crippen LogP) is 4.50. The van der Waals surface area contributed by atoms with E-state index in [4.69, 9.17) is 34.8 Å². The van der Waals surface area contributed by atoms with Crippen molar-refractivity contribution in [1.82, 2.24) is 9.62 Å². The van der Waals surface area contributed by atoms with Crippen LogP contribution in [0.1, 0.15) is 18.4 Å². The third-order valence-corrected chi connectivity index (χ3v) is 7.31. The van der Waals surface area contributed by atoms with Crippen molar-refractivity contribution in [3.63, 3.8) is 0 Å². The van der Waals surface area contributed by atoms with Gasteiger partial charge in [-0.1, -0.05) is 40.9 Å². The van der Waals surface area contributed by atoms with Crippen LogP contribution < -0.4 is 5.32 Å². The molecule has 1 amide bonds. The summed E-state index contributed by atoms with van der Waals surface area (Å²) >= 11 is 17.5. The molecular formula is C19H18Cl3FN2O3S. The fourth-order valence-electron chi connectivity index (χ4n) is 3.18. The minimum absolute atomic E-state index is 0.0242. The summed E-state index contributed by atoms with van der Waals surface area (Å²) in [5, 5.41) is 3.46. The molecule has 0 aliphatic carbocycles. The molecule has 0 spiro atoms. The molecule has 3 rings (SSSR count). The molecule has 0 atom stereocenters. The van der Waals surface area contributed by atoms with E-state index >= 15 is 0 Å². The van der Waals surface area contributed by atoms with Crippen LogP contribution in [0.3, 0.4) is 0 Å². The normalized spacial score (nSPS) is 16.0. The van der Waals surface area contributed by atoms with Crippen molar-refractivity contribution in [1.29, 1.82) is 0 Å². The molecule has 0 saturated carbocycles. The van der Waals surface area contributed by atoms with Crippen LogP contribution in [0.2, 0.25) is 15.1 Å². The Hall–Kier alpha value is -1.38. The molecule has 2 aromatic carbocycles. The number of piperidine rings is 1. The van der Waals surface area contributed by atoms with Gasteiger partial charge in [-0.2, -0.15) is 4.31 Å². The highest BCUT2D eigenvalue weighted by Gasteiger charge is 2.32. The lowest BCUT2D eigenvalue weighted by Gasteiger charge is -2.30. The molecule has 1 N–H and O–H groups in total. The maximum atomic E-state index is 13.8. The van der Waals surface area contributed by atoms with Gasteiger partial charge in [-0.3, -0.25) is 4.79 Å². The Morgan fingerprint density at radius 3 is 2.24 bits per heavy atom.